The molecule has 0 spiro atoms. The van der Waals surface area contributed by atoms with Gasteiger partial charge in [0.15, 0.2) is 0 Å². The van der Waals surface area contributed by atoms with E-state index in [0.29, 0.717) is 12.3 Å². The fourth-order valence-corrected chi connectivity index (χ4v) is 1.86. The van der Waals surface area contributed by atoms with E-state index in [1.165, 1.54) is 18.2 Å². The largest absolute Gasteiger partial charge is 0.507 e. The number of aromatic hydroxyl groups is 2. The first-order chi connectivity index (χ1) is 9.61. The second-order valence-corrected chi connectivity index (χ2v) is 4.26. The maximum atomic E-state index is 12.1. The smallest absolute Gasteiger partial charge is 0.263 e. The highest BCUT2D eigenvalue weighted by Crippen LogP contribution is 2.27. The molecule has 2 aromatic rings. The number of carbonyl (C=O) groups excluding carboxylic acids is 1. The van der Waals surface area contributed by atoms with Crippen molar-refractivity contribution in [1.82, 2.24) is 0 Å². The average Bonchev–Trinajstić information content (AvgIpc) is 2.39. The average molecular weight is 273 g/mol. The van der Waals surface area contributed by atoms with E-state index in [0.717, 1.165) is 5.56 Å². The van der Waals surface area contributed by atoms with Gasteiger partial charge in [-0.1, -0.05) is 18.2 Å². The molecule has 0 aromatic heterocycles. The maximum Gasteiger partial charge on any atom is 0.263 e. The van der Waals surface area contributed by atoms with E-state index in [2.05, 4.69) is 5.32 Å². The van der Waals surface area contributed by atoms with Crippen molar-refractivity contribution in [2.45, 2.75) is 6.61 Å². The molecule has 0 aliphatic rings. The highest BCUT2D eigenvalue weighted by molar-refractivity contribution is 6.08. The summed E-state index contributed by atoms with van der Waals surface area (Å²) in [7, 11) is 1.59. The van der Waals surface area contributed by atoms with Crippen LogP contribution in [-0.2, 0) is 11.3 Å². The summed E-state index contributed by atoms with van der Waals surface area (Å²) in [5.41, 5.74) is 1.32. The minimum atomic E-state index is -0.574. The molecule has 0 atom stereocenters. The lowest BCUT2D eigenvalue weighted by Gasteiger charge is -2.09. The van der Waals surface area contributed by atoms with Gasteiger partial charge in [-0.25, -0.2) is 0 Å². The normalized spacial score (nSPS) is 10.2. The Morgan fingerprint density at radius 1 is 1.15 bits per heavy atom. The number of ether oxygens (including phenoxy) is 1. The molecule has 0 aliphatic heterocycles. The van der Waals surface area contributed by atoms with Gasteiger partial charge < -0.3 is 20.3 Å². The Morgan fingerprint density at radius 2 is 1.80 bits per heavy atom. The number of hydrogen-bond acceptors (Lipinski definition) is 4. The van der Waals surface area contributed by atoms with Crippen LogP contribution in [0, 0.1) is 0 Å². The van der Waals surface area contributed by atoms with E-state index >= 15 is 0 Å². The van der Waals surface area contributed by atoms with E-state index in [1.807, 2.05) is 6.07 Å². The van der Waals surface area contributed by atoms with Gasteiger partial charge in [0.05, 0.1) is 6.61 Å². The van der Waals surface area contributed by atoms with Gasteiger partial charge in [-0.05, 0) is 29.8 Å². The number of nitrogens with one attached hydrogen (secondary N) is 1. The van der Waals surface area contributed by atoms with Crippen LogP contribution >= 0.6 is 0 Å². The fraction of sp³-hybridized carbons (Fsp3) is 0.133. The summed E-state index contributed by atoms with van der Waals surface area (Å²) in [5.74, 6) is -1.11. The zero-order valence-corrected chi connectivity index (χ0v) is 11.0. The predicted molar refractivity (Wildman–Crippen MR) is 74.9 cm³/mol. The van der Waals surface area contributed by atoms with E-state index in [9.17, 15) is 15.0 Å². The summed E-state index contributed by atoms with van der Waals surface area (Å²) in [6.45, 7) is 0.436. The highest BCUT2D eigenvalue weighted by atomic mass is 16.5. The van der Waals surface area contributed by atoms with E-state index in [4.69, 9.17) is 4.74 Å². The minimum Gasteiger partial charge on any atom is -0.507 e. The molecule has 2 aromatic carbocycles. The van der Waals surface area contributed by atoms with Gasteiger partial charge in [0, 0.05) is 12.8 Å². The van der Waals surface area contributed by atoms with E-state index < -0.39 is 5.91 Å². The number of anilines is 1. The molecule has 20 heavy (non-hydrogen) atoms. The topological polar surface area (TPSA) is 78.8 Å². The Bertz CT molecular complexity index is 605. The van der Waals surface area contributed by atoms with Crippen LogP contribution in [0.3, 0.4) is 0 Å². The van der Waals surface area contributed by atoms with Crippen molar-refractivity contribution in [2.24, 2.45) is 0 Å². The lowest BCUT2D eigenvalue weighted by molar-refractivity contribution is 0.102. The third-order valence-electron chi connectivity index (χ3n) is 2.74. The van der Waals surface area contributed by atoms with Crippen LogP contribution in [0.25, 0.3) is 0 Å². The monoisotopic (exact) mass is 273 g/mol. The van der Waals surface area contributed by atoms with Crippen LogP contribution in [0.1, 0.15) is 15.9 Å². The molecule has 0 saturated carbocycles. The molecular formula is C15H15NO4. The van der Waals surface area contributed by atoms with Crippen LogP contribution in [0.15, 0.2) is 42.5 Å². The number of phenolic OH excluding ortho intramolecular Hbond substituents is 2. The molecule has 1 amide bonds. The van der Waals surface area contributed by atoms with E-state index in [1.54, 1.807) is 25.3 Å². The van der Waals surface area contributed by atoms with Crippen LogP contribution in [0.5, 0.6) is 11.5 Å². The van der Waals surface area contributed by atoms with Gasteiger partial charge in [0.1, 0.15) is 17.1 Å². The Balaban J connectivity index is 2.21. The minimum absolute atomic E-state index is 0.148. The number of hydrogen-bond donors (Lipinski definition) is 3. The fourth-order valence-electron chi connectivity index (χ4n) is 1.86. The summed E-state index contributed by atoms with van der Waals surface area (Å²) in [4.78, 5) is 12.1. The summed E-state index contributed by atoms with van der Waals surface area (Å²) in [6.07, 6.45) is 0. The van der Waals surface area contributed by atoms with Crippen LogP contribution in [0.4, 0.5) is 5.69 Å². The molecule has 0 saturated heterocycles. The molecule has 0 aliphatic carbocycles. The first-order valence-corrected chi connectivity index (χ1v) is 6.02. The quantitative estimate of drug-likeness (QED) is 0.799. The summed E-state index contributed by atoms with van der Waals surface area (Å²) in [5, 5.41) is 21.9. The van der Waals surface area contributed by atoms with Gasteiger partial charge in [-0.2, -0.15) is 0 Å². The van der Waals surface area contributed by atoms with Gasteiger partial charge in [0.2, 0.25) is 0 Å². The second-order valence-electron chi connectivity index (χ2n) is 4.26. The molecule has 3 N–H and O–H groups in total. The lowest BCUT2D eigenvalue weighted by Crippen LogP contribution is -2.12. The van der Waals surface area contributed by atoms with E-state index in [-0.39, 0.29) is 17.1 Å². The van der Waals surface area contributed by atoms with Gasteiger partial charge in [0.25, 0.3) is 5.91 Å². The Kier molecular flexibility index (Phi) is 4.22. The van der Waals surface area contributed by atoms with Crippen molar-refractivity contribution in [2.75, 3.05) is 12.4 Å². The highest BCUT2D eigenvalue weighted by Gasteiger charge is 2.16. The number of rotatable bonds is 4. The number of methoxy groups -OCH3 is 1. The molecule has 0 heterocycles. The summed E-state index contributed by atoms with van der Waals surface area (Å²) in [6, 6.07) is 11.3. The van der Waals surface area contributed by atoms with Gasteiger partial charge >= 0.3 is 0 Å². The molecule has 5 heteroatoms. The molecule has 0 bridgehead atoms. The van der Waals surface area contributed by atoms with Crippen molar-refractivity contribution >= 4 is 11.6 Å². The van der Waals surface area contributed by atoms with Crippen LogP contribution in [-0.4, -0.2) is 23.2 Å². The molecule has 2 rings (SSSR count). The SMILES string of the molecule is COCc1cccc(NC(=O)c2c(O)cccc2O)c1. The van der Waals surface area contributed by atoms with Crippen molar-refractivity contribution in [3.63, 3.8) is 0 Å². The number of phenols is 2. The molecule has 5 nitrogen and oxygen atoms in total. The lowest BCUT2D eigenvalue weighted by atomic mass is 10.1. The number of amides is 1. The van der Waals surface area contributed by atoms with Crippen molar-refractivity contribution in [3.8, 4) is 11.5 Å². The van der Waals surface area contributed by atoms with Crippen LogP contribution < -0.4 is 5.32 Å². The van der Waals surface area contributed by atoms with Crippen molar-refractivity contribution in [1.29, 1.82) is 0 Å². The zero-order chi connectivity index (χ0) is 14.5. The second kappa shape index (κ2) is 6.08. The third-order valence-corrected chi connectivity index (χ3v) is 2.74. The predicted octanol–water partition coefficient (Wildman–Crippen LogP) is 2.50. The molecule has 0 radical (unpaired) electrons. The standard InChI is InChI=1S/C15H15NO4/c1-20-9-10-4-2-5-11(8-10)16-15(19)14-12(17)6-3-7-13(14)18/h2-8,17-18H,9H2,1H3,(H,16,19). The summed E-state index contributed by atoms with van der Waals surface area (Å²) >= 11 is 0. The third kappa shape index (κ3) is 3.07. The number of carbonyl (C=O) groups is 1. The first kappa shape index (κ1) is 13.9. The van der Waals surface area contributed by atoms with Crippen molar-refractivity contribution < 1.29 is 19.7 Å². The molecular weight excluding hydrogens is 258 g/mol. The molecule has 0 unspecified atom stereocenters. The maximum absolute atomic E-state index is 12.1. The molecule has 0 fully saturated rings. The summed E-state index contributed by atoms with van der Waals surface area (Å²) < 4.78 is 5.02. The Labute approximate surface area is 116 Å². The van der Waals surface area contributed by atoms with Gasteiger partial charge in [-0.15, -0.1) is 0 Å². The zero-order valence-electron chi connectivity index (χ0n) is 11.0. The van der Waals surface area contributed by atoms with Gasteiger partial charge in [-0.3, -0.25) is 4.79 Å². The number of benzene rings is 2. The van der Waals surface area contributed by atoms with Crippen LogP contribution in [0.2, 0.25) is 0 Å². The molecule has 104 valence electrons. The Hall–Kier alpha value is -2.53. The first-order valence-electron chi connectivity index (χ1n) is 6.02. The van der Waals surface area contributed by atoms with Crippen molar-refractivity contribution in [3.05, 3.63) is 53.6 Å². The Morgan fingerprint density at radius 3 is 2.45 bits per heavy atom.